The molecular weight excluding hydrogens is 960 g/mol. The minimum absolute atomic E-state index is 0. The molecule has 243 valence electrons. The van der Waals surface area contributed by atoms with Crippen LogP contribution in [-0.2, 0) is 85.5 Å². The molecule has 0 saturated heterocycles. The van der Waals surface area contributed by atoms with E-state index >= 15 is 0 Å². The number of benzene rings is 5. The van der Waals surface area contributed by atoms with Crippen LogP contribution in [0.2, 0.25) is 0 Å². The zero-order valence-electron chi connectivity index (χ0n) is 27.5. The predicted molar refractivity (Wildman–Crippen MR) is 190 cm³/mol. The summed E-state index contributed by atoms with van der Waals surface area (Å²) < 4.78 is 14.7. The van der Waals surface area contributed by atoms with Crippen LogP contribution in [0.15, 0.2) is 140 Å². The number of fused-ring (bicyclic) bond motifs is 1. The molecule has 0 fully saturated rings. The topological polar surface area (TPSA) is 43.6 Å². The molecule has 0 unspecified atom stereocenters. The molecule has 9 heteroatoms. The number of pyridine rings is 2. The van der Waals surface area contributed by atoms with E-state index in [-0.39, 0.29) is 107 Å². The summed E-state index contributed by atoms with van der Waals surface area (Å²) in [5, 5.41) is 0. The monoisotopic (exact) mass is 987 g/mol. The molecule has 5 aromatic carbocycles. The molecule has 8 rings (SSSR count). The molecule has 0 spiro atoms. The Morgan fingerprint density at radius 3 is 2.10 bits per heavy atom. The predicted octanol–water partition coefficient (Wildman–Crippen LogP) is 9.17. The molecule has 8 aromatic rings. The number of imidazole rings is 1. The van der Waals surface area contributed by atoms with Gasteiger partial charge in [0.05, 0.1) is 11.0 Å². The molecule has 5 radical (unpaired) electrons. The minimum Gasteiger partial charge on any atom is -0.391 e. The van der Waals surface area contributed by atoms with Gasteiger partial charge in [-0.25, -0.2) is 23.3 Å². The van der Waals surface area contributed by atoms with Gasteiger partial charge in [0.2, 0.25) is 0 Å². The third kappa shape index (κ3) is 10.6. The van der Waals surface area contributed by atoms with Crippen LogP contribution >= 0.6 is 0 Å². The van der Waals surface area contributed by atoms with E-state index in [0.717, 1.165) is 56.1 Å². The average molecular weight is 987 g/mol. The molecule has 0 aliphatic carbocycles. The van der Waals surface area contributed by atoms with Crippen LogP contribution in [0.25, 0.3) is 61.8 Å². The number of hydrogen-bond acceptors (Lipinski definition) is 3. The fourth-order valence-electron chi connectivity index (χ4n) is 4.96. The van der Waals surface area contributed by atoms with Crippen molar-refractivity contribution in [2.45, 2.75) is 0 Å². The van der Waals surface area contributed by atoms with E-state index in [1.807, 2.05) is 97.1 Å². The molecule has 0 amide bonds. The van der Waals surface area contributed by atoms with E-state index in [9.17, 15) is 4.39 Å². The first-order valence-corrected chi connectivity index (χ1v) is 14.6. The van der Waals surface area contributed by atoms with E-state index < -0.39 is 0 Å². The van der Waals surface area contributed by atoms with Gasteiger partial charge >= 0.3 is 32.7 Å². The van der Waals surface area contributed by atoms with Crippen molar-refractivity contribution in [1.82, 2.24) is 19.5 Å². The van der Waals surface area contributed by atoms with Crippen molar-refractivity contribution in [2.24, 2.45) is 0 Å². The molecule has 0 bridgehead atoms. The molecule has 4 nitrogen and oxygen atoms in total. The maximum Gasteiger partial charge on any atom is 3.00 e. The van der Waals surface area contributed by atoms with E-state index in [2.05, 4.69) is 69.3 Å². The van der Waals surface area contributed by atoms with Crippen LogP contribution in [-0.4, -0.2) is 27.9 Å². The molecule has 0 aliphatic heterocycles. The van der Waals surface area contributed by atoms with Crippen LogP contribution < -0.4 is 0 Å². The van der Waals surface area contributed by atoms with Crippen molar-refractivity contribution in [2.75, 3.05) is 0 Å². The van der Waals surface area contributed by atoms with Crippen molar-refractivity contribution < 1.29 is 89.9 Å². The second-order valence-corrected chi connectivity index (χ2v) is 10.2. The van der Waals surface area contributed by atoms with Gasteiger partial charge in [0, 0.05) is 78.9 Å². The average Bonchev–Trinajstić information content (AvgIpc) is 3.53. The summed E-state index contributed by atoms with van der Waals surface area (Å²) in [7, 11) is 0. The van der Waals surface area contributed by atoms with Gasteiger partial charge in [-0.15, -0.1) is 35.9 Å². The normalized spacial score (nSPS) is 9.67. The number of nitrogens with zero attached hydrogens (tertiary/aromatic N) is 4. The largest absolute Gasteiger partial charge is 3.00 e. The molecule has 0 saturated carbocycles. The van der Waals surface area contributed by atoms with Crippen molar-refractivity contribution in [1.29, 1.82) is 0 Å². The van der Waals surface area contributed by atoms with Crippen molar-refractivity contribution in [3.05, 3.63) is 189 Å². The Balaban J connectivity index is 0.000000430. The van der Waals surface area contributed by atoms with Gasteiger partial charge in [-0.3, -0.25) is 28.2 Å². The van der Waals surface area contributed by atoms with Crippen LogP contribution in [0.3, 0.4) is 0 Å². The Bertz CT molecular complexity index is 2200. The van der Waals surface area contributed by atoms with Crippen molar-refractivity contribution >= 4 is 19.4 Å². The van der Waals surface area contributed by atoms with Gasteiger partial charge in [-0.1, -0.05) is 48.7 Å². The van der Waals surface area contributed by atoms with E-state index in [1.165, 1.54) is 12.1 Å². The van der Waals surface area contributed by atoms with Crippen LogP contribution in [0.4, 0.5) is 4.39 Å². The summed E-state index contributed by atoms with van der Waals surface area (Å²) in [5.41, 5.74) is 8.66. The molecule has 51 heavy (non-hydrogen) atoms. The summed E-state index contributed by atoms with van der Waals surface area (Å²) in [6.45, 7) is 0. The molecule has 3 aromatic heterocycles. The smallest absolute Gasteiger partial charge is 0.391 e. The van der Waals surface area contributed by atoms with Gasteiger partial charge < -0.3 is 38.6 Å². The van der Waals surface area contributed by atoms with Crippen molar-refractivity contribution in [3.8, 4) is 50.7 Å². The third-order valence-electron chi connectivity index (χ3n) is 7.15. The Kier molecular flexibility index (Phi) is 18.3. The number of para-hydroxylation sites is 3. The van der Waals surface area contributed by atoms with Gasteiger partial charge in [0.15, 0.2) is 0 Å². The van der Waals surface area contributed by atoms with E-state index in [4.69, 9.17) is 4.98 Å². The van der Waals surface area contributed by atoms with Gasteiger partial charge in [0.25, 0.3) is 0 Å². The number of rotatable bonds is 5. The second kappa shape index (κ2) is 21.3. The first-order chi connectivity index (χ1) is 22.7. The number of halogens is 1. The van der Waals surface area contributed by atoms with Gasteiger partial charge in [0.1, 0.15) is 0 Å². The minimum atomic E-state index is -0.278. The maximum atomic E-state index is 12.6. The van der Waals surface area contributed by atoms with E-state index in [0.29, 0.717) is 5.69 Å². The van der Waals surface area contributed by atoms with Crippen LogP contribution in [0.5, 0.6) is 0 Å². The summed E-state index contributed by atoms with van der Waals surface area (Å²) in [6.07, 6.45) is 4.81. The molecule has 0 N–H and O–H groups in total. The van der Waals surface area contributed by atoms with Crippen molar-refractivity contribution in [3.63, 3.8) is 0 Å². The zero-order valence-corrected chi connectivity index (χ0v) is 35.6. The van der Waals surface area contributed by atoms with Gasteiger partial charge in [-0.2, -0.15) is 30.0 Å². The third-order valence-corrected chi connectivity index (χ3v) is 7.15. The Morgan fingerprint density at radius 1 is 0.647 bits per heavy atom. The number of hydrogen-bond donors (Lipinski definition) is 0. The molecular formula is C42H26BFIrN4Y2-4. The summed E-state index contributed by atoms with van der Waals surface area (Å²) >= 11 is 0. The zero-order chi connectivity index (χ0) is 31.1. The molecule has 0 aliphatic rings. The Morgan fingerprint density at radius 2 is 1.41 bits per heavy atom. The number of aromatic nitrogens is 4. The fourth-order valence-corrected chi connectivity index (χ4v) is 4.96. The van der Waals surface area contributed by atoms with Crippen LogP contribution in [0.1, 0.15) is 0 Å². The SMILES string of the molecule is Fc1c[c-]c(-c2ccccn2)cc1.[B].[CH3-].[Ir].[Y+3].[Y].[c-]1ccc(-c2[c-]cc(-c3[c-]cccc3)[c-]n2)[c-]c1-c1nc2ccccc2n1-c1ccccc1. The second-order valence-electron chi connectivity index (χ2n) is 10.2. The van der Waals surface area contributed by atoms with Gasteiger partial charge in [-0.05, 0) is 41.9 Å². The molecule has 0 atom stereocenters. The Hall–Kier alpha value is -3.28. The summed E-state index contributed by atoms with van der Waals surface area (Å²) in [5.74, 6) is 0.503. The maximum absolute atomic E-state index is 12.6. The standard InChI is InChI=1S/C30H16N3.C11H7FN.CH3.B.Ir.2Y/c1-3-10-22(11-4-1)25-18-19-27(31-21-25)23-12-9-13-24(20-23)30-32-28-16-7-8-17-29(28)33(30)26-14-5-2-6-15-26;12-10-6-4-9(5-7-10)11-3-1-2-8-13-11;;;;;/h1-10,12,14-18H;1-4,6-8H;1H3;;;;/q-5;2*-1;;;;+3. The first kappa shape index (κ1) is 43.9. The Labute approximate surface area is 365 Å². The summed E-state index contributed by atoms with van der Waals surface area (Å²) in [6, 6.07) is 57.8. The quantitative estimate of drug-likeness (QED) is 0.128. The first-order valence-electron chi connectivity index (χ1n) is 14.6. The van der Waals surface area contributed by atoms with E-state index in [1.54, 1.807) is 12.3 Å². The fraction of sp³-hybridized carbons (Fsp3) is 0. The molecule has 3 heterocycles. The summed E-state index contributed by atoms with van der Waals surface area (Å²) in [4.78, 5) is 13.5. The van der Waals surface area contributed by atoms with Crippen LogP contribution in [0, 0.1) is 49.8 Å².